The van der Waals surface area contributed by atoms with Crippen molar-refractivity contribution in [1.82, 2.24) is 4.98 Å². The first kappa shape index (κ1) is 17.0. The minimum absolute atomic E-state index is 0.209. The first-order chi connectivity index (χ1) is 12.5. The van der Waals surface area contributed by atoms with Gasteiger partial charge in [-0.1, -0.05) is 0 Å². The molecule has 0 atom stereocenters. The summed E-state index contributed by atoms with van der Waals surface area (Å²) in [6, 6.07) is 0. The molecule has 7 nitrogen and oxygen atoms in total. The SMILES string of the molecule is Cc1coc(-c2c(NC(=O)C3=C(C(=O)O)CCC3)sc3c2CCOC3)n1. The van der Waals surface area contributed by atoms with Crippen LogP contribution >= 0.6 is 11.3 Å². The highest BCUT2D eigenvalue weighted by atomic mass is 32.1. The number of carbonyl (C=O) groups is 2. The van der Waals surface area contributed by atoms with Crippen molar-refractivity contribution in [1.29, 1.82) is 0 Å². The smallest absolute Gasteiger partial charge is 0.332 e. The molecule has 0 bridgehead atoms. The lowest BCUT2D eigenvalue weighted by molar-refractivity contribution is -0.133. The van der Waals surface area contributed by atoms with Gasteiger partial charge in [0, 0.05) is 16.0 Å². The van der Waals surface area contributed by atoms with Crippen LogP contribution in [0.1, 0.15) is 35.4 Å². The fourth-order valence-corrected chi connectivity index (χ4v) is 4.60. The number of ether oxygens (including phenoxy) is 1. The van der Waals surface area contributed by atoms with Crippen molar-refractivity contribution in [3.8, 4) is 11.5 Å². The highest BCUT2D eigenvalue weighted by molar-refractivity contribution is 7.17. The highest BCUT2D eigenvalue weighted by Gasteiger charge is 2.29. The number of aliphatic carboxylic acids is 1. The molecular weight excluding hydrogens is 356 g/mol. The van der Waals surface area contributed by atoms with E-state index in [-0.39, 0.29) is 11.5 Å². The largest absolute Gasteiger partial charge is 0.478 e. The van der Waals surface area contributed by atoms with Crippen molar-refractivity contribution in [3.05, 3.63) is 33.5 Å². The molecule has 0 aromatic carbocycles. The Morgan fingerprint density at radius 1 is 1.27 bits per heavy atom. The number of hydrogen-bond acceptors (Lipinski definition) is 6. The normalized spacial score (nSPS) is 16.7. The maximum absolute atomic E-state index is 12.7. The van der Waals surface area contributed by atoms with Crippen molar-refractivity contribution < 1.29 is 23.8 Å². The van der Waals surface area contributed by atoms with Gasteiger partial charge in [0.25, 0.3) is 5.91 Å². The molecule has 2 N–H and O–H groups in total. The van der Waals surface area contributed by atoms with Crippen LogP contribution in [0, 0.1) is 6.92 Å². The predicted octanol–water partition coefficient (Wildman–Crippen LogP) is 3.29. The van der Waals surface area contributed by atoms with Crippen LogP contribution in [-0.2, 0) is 27.4 Å². The zero-order valence-corrected chi connectivity index (χ0v) is 15.1. The van der Waals surface area contributed by atoms with E-state index in [1.807, 2.05) is 6.92 Å². The summed E-state index contributed by atoms with van der Waals surface area (Å²) in [5.41, 5.74) is 3.19. The number of rotatable bonds is 4. The van der Waals surface area contributed by atoms with Crippen molar-refractivity contribution in [2.45, 2.75) is 39.2 Å². The molecule has 0 unspecified atom stereocenters. The fraction of sp³-hybridized carbons (Fsp3) is 0.389. The summed E-state index contributed by atoms with van der Waals surface area (Å²) in [6.07, 6.45) is 3.90. The number of aryl methyl sites for hydroxylation is 1. The summed E-state index contributed by atoms with van der Waals surface area (Å²) in [6.45, 7) is 2.94. The van der Waals surface area contributed by atoms with E-state index < -0.39 is 5.97 Å². The van der Waals surface area contributed by atoms with Gasteiger partial charge in [0.15, 0.2) is 0 Å². The van der Waals surface area contributed by atoms with Crippen LogP contribution in [-0.4, -0.2) is 28.6 Å². The van der Waals surface area contributed by atoms with Crippen molar-refractivity contribution in [2.24, 2.45) is 0 Å². The Morgan fingerprint density at radius 2 is 2.08 bits per heavy atom. The van der Waals surface area contributed by atoms with Gasteiger partial charge in [0.1, 0.15) is 11.3 Å². The summed E-state index contributed by atoms with van der Waals surface area (Å²) < 4.78 is 11.1. The minimum atomic E-state index is -1.02. The molecule has 0 saturated carbocycles. The minimum Gasteiger partial charge on any atom is -0.478 e. The van der Waals surface area contributed by atoms with Gasteiger partial charge in [-0.05, 0) is 38.2 Å². The van der Waals surface area contributed by atoms with E-state index in [4.69, 9.17) is 9.15 Å². The van der Waals surface area contributed by atoms with Crippen LogP contribution < -0.4 is 5.32 Å². The molecule has 2 aliphatic rings. The predicted molar refractivity (Wildman–Crippen MR) is 95.1 cm³/mol. The summed E-state index contributed by atoms with van der Waals surface area (Å²) in [7, 11) is 0. The number of oxazole rings is 1. The van der Waals surface area contributed by atoms with Crippen molar-refractivity contribution in [3.63, 3.8) is 0 Å². The molecular formula is C18H18N2O5S. The zero-order chi connectivity index (χ0) is 18.3. The molecule has 1 aliphatic heterocycles. The average Bonchev–Trinajstić information content (AvgIpc) is 3.31. The first-order valence-corrected chi connectivity index (χ1v) is 9.27. The summed E-state index contributed by atoms with van der Waals surface area (Å²) in [4.78, 5) is 29.5. The molecule has 4 rings (SSSR count). The van der Waals surface area contributed by atoms with E-state index >= 15 is 0 Å². The molecule has 136 valence electrons. The van der Waals surface area contributed by atoms with Crippen LogP contribution in [0.4, 0.5) is 5.00 Å². The number of nitrogens with zero attached hydrogens (tertiary/aromatic N) is 1. The first-order valence-electron chi connectivity index (χ1n) is 8.46. The Balaban J connectivity index is 1.73. The third kappa shape index (κ3) is 2.95. The number of nitrogens with one attached hydrogen (secondary N) is 1. The van der Waals surface area contributed by atoms with Gasteiger partial charge >= 0.3 is 5.97 Å². The molecule has 0 fully saturated rings. The molecule has 2 aromatic heterocycles. The summed E-state index contributed by atoms with van der Waals surface area (Å²) >= 11 is 1.44. The Labute approximate surface area is 153 Å². The van der Waals surface area contributed by atoms with E-state index in [2.05, 4.69) is 10.3 Å². The molecule has 1 aliphatic carbocycles. The van der Waals surface area contributed by atoms with E-state index in [0.717, 1.165) is 28.1 Å². The lowest BCUT2D eigenvalue weighted by atomic mass is 10.1. The van der Waals surface area contributed by atoms with Crippen LogP contribution in [0.25, 0.3) is 11.5 Å². The van der Waals surface area contributed by atoms with E-state index in [9.17, 15) is 14.7 Å². The van der Waals surface area contributed by atoms with Gasteiger partial charge in [-0.25, -0.2) is 9.78 Å². The molecule has 0 saturated heterocycles. The number of aromatic nitrogens is 1. The molecule has 2 aromatic rings. The Bertz CT molecular complexity index is 924. The topological polar surface area (TPSA) is 102 Å². The number of carbonyl (C=O) groups excluding carboxylic acids is 1. The monoisotopic (exact) mass is 374 g/mol. The Hall–Kier alpha value is -2.45. The third-order valence-electron chi connectivity index (χ3n) is 4.63. The number of anilines is 1. The molecule has 0 spiro atoms. The van der Waals surface area contributed by atoms with E-state index in [0.29, 0.717) is 48.9 Å². The fourth-order valence-electron chi connectivity index (χ4n) is 3.42. The Kier molecular flexibility index (Phi) is 4.37. The van der Waals surface area contributed by atoms with Crippen LogP contribution in [0.5, 0.6) is 0 Å². The summed E-state index contributed by atoms with van der Waals surface area (Å²) in [5.74, 6) is -0.907. The van der Waals surface area contributed by atoms with Crippen LogP contribution in [0.2, 0.25) is 0 Å². The third-order valence-corrected chi connectivity index (χ3v) is 5.75. The van der Waals surface area contributed by atoms with Crippen LogP contribution in [0.15, 0.2) is 21.8 Å². The summed E-state index contributed by atoms with van der Waals surface area (Å²) in [5, 5.41) is 12.8. The molecule has 3 heterocycles. The Morgan fingerprint density at radius 3 is 2.81 bits per heavy atom. The molecule has 8 heteroatoms. The van der Waals surface area contributed by atoms with Crippen molar-refractivity contribution in [2.75, 3.05) is 11.9 Å². The van der Waals surface area contributed by atoms with Gasteiger partial charge < -0.3 is 19.6 Å². The quantitative estimate of drug-likeness (QED) is 0.851. The number of carboxylic acids is 1. The lowest BCUT2D eigenvalue weighted by Crippen LogP contribution is -2.16. The van der Waals surface area contributed by atoms with Crippen LogP contribution in [0.3, 0.4) is 0 Å². The number of fused-ring (bicyclic) bond motifs is 1. The standard InChI is InChI=1S/C18H18N2O5S/c1-9-7-25-16(19-9)14-12-5-6-24-8-13(12)26-17(14)20-15(21)10-3-2-4-11(10)18(22)23/h7H,2-6,8H2,1H3,(H,20,21)(H,22,23). The van der Waals surface area contributed by atoms with E-state index in [1.165, 1.54) is 11.3 Å². The zero-order valence-electron chi connectivity index (χ0n) is 14.3. The number of amides is 1. The number of hydrogen-bond donors (Lipinski definition) is 2. The second kappa shape index (κ2) is 6.69. The maximum Gasteiger partial charge on any atom is 0.332 e. The van der Waals surface area contributed by atoms with Gasteiger partial charge in [-0.2, -0.15) is 0 Å². The van der Waals surface area contributed by atoms with Crippen molar-refractivity contribution >= 4 is 28.2 Å². The van der Waals surface area contributed by atoms with Gasteiger partial charge in [0.2, 0.25) is 5.89 Å². The average molecular weight is 374 g/mol. The molecule has 1 amide bonds. The maximum atomic E-state index is 12.7. The lowest BCUT2D eigenvalue weighted by Gasteiger charge is -2.12. The molecule has 0 radical (unpaired) electrons. The van der Waals surface area contributed by atoms with E-state index in [1.54, 1.807) is 6.26 Å². The second-order valence-corrected chi connectivity index (χ2v) is 7.48. The molecule has 26 heavy (non-hydrogen) atoms. The highest BCUT2D eigenvalue weighted by Crippen LogP contribution is 2.43. The number of thiophene rings is 1. The second-order valence-electron chi connectivity index (χ2n) is 6.37. The van der Waals surface area contributed by atoms with Gasteiger partial charge in [0.05, 0.1) is 24.5 Å². The number of carboxylic acid groups (broad SMARTS) is 1. The van der Waals surface area contributed by atoms with Gasteiger partial charge in [-0.3, -0.25) is 4.79 Å². The van der Waals surface area contributed by atoms with Gasteiger partial charge in [-0.15, -0.1) is 11.3 Å².